The van der Waals surface area contributed by atoms with E-state index < -0.39 is 0 Å². The second-order valence-electron chi connectivity index (χ2n) is 6.18. The van der Waals surface area contributed by atoms with Crippen LogP contribution in [-0.4, -0.2) is 25.5 Å². The van der Waals surface area contributed by atoms with E-state index in [0.29, 0.717) is 11.6 Å². The second kappa shape index (κ2) is 7.81. The molecule has 1 saturated heterocycles. The van der Waals surface area contributed by atoms with Gasteiger partial charge in [-0.15, -0.1) is 0 Å². The molecule has 1 aliphatic rings. The number of halogens is 1. The van der Waals surface area contributed by atoms with Gasteiger partial charge in [-0.2, -0.15) is 0 Å². The lowest BCUT2D eigenvalue weighted by molar-refractivity contribution is -0.892. The molecule has 1 amide bonds. The molecular weight excluding hydrogens is 284 g/mol. The Hall–Kier alpha value is -1.06. The number of carbonyl (C=O) groups is 1. The number of rotatable bonds is 3. The summed E-state index contributed by atoms with van der Waals surface area (Å²) < 4.78 is 0. The lowest BCUT2D eigenvalue weighted by Gasteiger charge is -2.21. The van der Waals surface area contributed by atoms with Gasteiger partial charge in [-0.05, 0) is 56.7 Å². The molecule has 21 heavy (non-hydrogen) atoms. The molecule has 1 heterocycles. The molecule has 3 nitrogen and oxygen atoms in total. The SMILES string of the molecule is Cc1cc(C)c(NC(=O)C[NH+]2CCCCCCC2)c(Cl)c1. The Bertz CT molecular complexity index is 471. The van der Waals surface area contributed by atoms with Crippen LogP contribution in [0.15, 0.2) is 12.1 Å². The van der Waals surface area contributed by atoms with Crippen molar-refractivity contribution in [2.75, 3.05) is 25.0 Å². The quantitative estimate of drug-likeness (QED) is 0.884. The number of quaternary nitrogens is 1. The summed E-state index contributed by atoms with van der Waals surface area (Å²) in [6, 6.07) is 3.94. The average molecular weight is 310 g/mol. The molecule has 0 spiro atoms. The summed E-state index contributed by atoms with van der Waals surface area (Å²) in [6.45, 7) is 6.75. The number of nitrogens with one attached hydrogen (secondary N) is 2. The minimum Gasteiger partial charge on any atom is -0.327 e. The van der Waals surface area contributed by atoms with E-state index in [-0.39, 0.29) is 5.91 Å². The monoisotopic (exact) mass is 309 g/mol. The first kappa shape index (κ1) is 16.3. The zero-order valence-corrected chi connectivity index (χ0v) is 13.9. The summed E-state index contributed by atoms with van der Waals surface area (Å²) in [5.74, 6) is 0.0689. The minimum absolute atomic E-state index is 0.0689. The smallest absolute Gasteiger partial charge is 0.279 e. The summed E-state index contributed by atoms with van der Waals surface area (Å²) in [4.78, 5) is 13.7. The van der Waals surface area contributed by atoms with Gasteiger partial charge in [0.15, 0.2) is 6.54 Å². The molecule has 0 aromatic heterocycles. The van der Waals surface area contributed by atoms with E-state index in [2.05, 4.69) is 5.32 Å². The molecule has 0 unspecified atom stereocenters. The lowest BCUT2D eigenvalue weighted by Crippen LogP contribution is -3.13. The van der Waals surface area contributed by atoms with Crippen molar-refractivity contribution in [2.45, 2.75) is 46.0 Å². The number of anilines is 1. The highest BCUT2D eigenvalue weighted by Gasteiger charge is 2.17. The van der Waals surface area contributed by atoms with Crippen molar-refractivity contribution >= 4 is 23.2 Å². The second-order valence-corrected chi connectivity index (χ2v) is 6.59. The Labute approximate surface area is 132 Å². The van der Waals surface area contributed by atoms with E-state index in [0.717, 1.165) is 29.9 Å². The molecule has 0 saturated carbocycles. The van der Waals surface area contributed by atoms with E-state index in [9.17, 15) is 4.79 Å². The molecule has 0 radical (unpaired) electrons. The number of benzene rings is 1. The first-order valence-corrected chi connectivity index (χ1v) is 8.34. The standard InChI is InChI=1S/C17H25ClN2O/c1-13-10-14(2)17(15(18)11-13)19-16(21)12-20-8-6-4-3-5-7-9-20/h10-11H,3-9,12H2,1-2H3,(H,19,21)/p+1. The first-order valence-electron chi connectivity index (χ1n) is 7.96. The number of amides is 1. The summed E-state index contributed by atoms with van der Waals surface area (Å²) in [5.41, 5.74) is 2.90. The molecule has 1 aliphatic heterocycles. The van der Waals surface area contributed by atoms with Gasteiger partial charge in [-0.25, -0.2) is 0 Å². The van der Waals surface area contributed by atoms with Crippen LogP contribution in [0.5, 0.6) is 0 Å². The van der Waals surface area contributed by atoms with Crippen LogP contribution in [0.2, 0.25) is 5.02 Å². The Kier molecular flexibility index (Phi) is 6.07. The number of aryl methyl sites for hydroxylation is 2. The van der Waals surface area contributed by atoms with E-state index in [1.54, 1.807) is 0 Å². The van der Waals surface area contributed by atoms with Crippen LogP contribution in [-0.2, 0) is 4.79 Å². The highest BCUT2D eigenvalue weighted by molar-refractivity contribution is 6.34. The summed E-state index contributed by atoms with van der Waals surface area (Å²) in [6.07, 6.45) is 6.40. The maximum atomic E-state index is 12.3. The number of hydrogen-bond acceptors (Lipinski definition) is 1. The van der Waals surface area contributed by atoms with Crippen LogP contribution in [0.3, 0.4) is 0 Å². The average Bonchev–Trinajstić information content (AvgIpc) is 2.37. The molecule has 2 N–H and O–H groups in total. The van der Waals surface area contributed by atoms with Gasteiger partial charge in [0.25, 0.3) is 5.91 Å². The molecule has 116 valence electrons. The van der Waals surface area contributed by atoms with E-state index in [4.69, 9.17) is 11.6 Å². The zero-order valence-electron chi connectivity index (χ0n) is 13.1. The Morgan fingerprint density at radius 3 is 2.38 bits per heavy atom. The minimum atomic E-state index is 0.0689. The predicted molar refractivity (Wildman–Crippen MR) is 88.2 cm³/mol. The van der Waals surface area contributed by atoms with Gasteiger partial charge in [0.2, 0.25) is 0 Å². The van der Waals surface area contributed by atoms with Crippen molar-refractivity contribution in [1.29, 1.82) is 0 Å². The highest BCUT2D eigenvalue weighted by atomic mass is 35.5. The van der Waals surface area contributed by atoms with Gasteiger partial charge < -0.3 is 10.2 Å². The fraction of sp³-hybridized carbons (Fsp3) is 0.588. The molecule has 0 aliphatic carbocycles. The van der Waals surface area contributed by atoms with Crippen LogP contribution in [0, 0.1) is 13.8 Å². The van der Waals surface area contributed by atoms with Crippen molar-refractivity contribution < 1.29 is 9.69 Å². The summed E-state index contributed by atoms with van der Waals surface area (Å²) >= 11 is 6.25. The van der Waals surface area contributed by atoms with Gasteiger partial charge in [-0.1, -0.05) is 24.1 Å². The predicted octanol–water partition coefficient (Wildman–Crippen LogP) is 2.74. The van der Waals surface area contributed by atoms with Crippen molar-refractivity contribution in [2.24, 2.45) is 0 Å². The van der Waals surface area contributed by atoms with Gasteiger partial charge in [0.05, 0.1) is 23.8 Å². The van der Waals surface area contributed by atoms with Crippen LogP contribution < -0.4 is 10.2 Å². The Balaban J connectivity index is 1.95. The Morgan fingerprint density at radius 1 is 1.14 bits per heavy atom. The highest BCUT2D eigenvalue weighted by Crippen LogP contribution is 2.27. The largest absolute Gasteiger partial charge is 0.327 e. The van der Waals surface area contributed by atoms with Crippen LogP contribution in [0.4, 0.5) is 5.69 Å². The third-order valence-electron chi connectivity index (χ3n) is 4.17. The van der Waals surface area contributed by atoms with E-state index in [1.165, 1.54) is 37.0 Å². The Morgan fingerprint density at radius 2 is 1.76 bits per heavy atom. The molecule has 0 bridgehead atoms. The van der Waals surface area contributed by atoms with Gasteiger partial charge in [-0.3, -0.25) is 4.79 Å². The van der Waals surface area contributed by atoms with E-state index in [1.807, 2.05) is 26.0 Å². The third kappa shape index (κ3) is 5.01. The van der Waals surface area contributed by atoms with Gasteiger partial charge >= 0.3 is 0 Å². The molecular formula is C17H26ClN2O+. The molecule has 0 atom stereocenters. The van der Waals surface area contributed by atoms with Gasteiger partial charge in [0, 0.05) is 0 Å². The number of carbonyl (C=O) groups excluding carboxylic acids is 1. The normalized spacial score (nSPS) is 17.1. The van der Waals surface area contributed by atoms with Crippen LogP contribution >= 0.6 is 11.6 Å². The van der Waals surface area contributed by atoms with Crippen molar-refractivity contribution in [1.82, 2.24) is 0 Å². The van der Waals surface area contributed by atoms with E-state index >= 15 is 0 Å². The summed E-state index contributed by atoms with van der Waals surface area (Å²) in [5, 5.41) is 3.63. The maximum Gasteiger partial charge on any atom is 0.279 e. The molecule has 1 aromatic rings. The summed E-state index contributed by atoms with van der Waals surface area (Å²) in [7, 11) is 0. The van der Waals surface area contributed by atoms with Gasteiger partial charge in [0.1, 0.15) is 0 Å². The van der Waals surface area contributed by atoms with Crippen molar-refractivity contribution in [3.05, 3.63) is 28.3 Å². The maximum absolute atomic E-state index is 12.3. The third-order valence-corrected chi connectivity index (χ3v) is 4.47. The van der Waals surface area contributed by atoms with Crippen LogP contribution in [0.25, 0.3) is 0 Å². The molecule has 1 fully saturated rings. The number of hydrogen-bond donors (Lipinski definition) is 2. The molecule has 4 heteroatoms. The molecule has 1 aromatic carbocycles. The zero-order chi connectivity index (χ0) is 15.2. The van der Waals surface area contributed by atoms with Crippen LogP contribution in [0.1, 0.15) is 43.2 Å². The van der Waals surface area contributed by atoms with Crippen molar-refractivity contribution in [3.63, 3.8) is 0 Å². The fourth-order valence-corrected chi connectivity index (χ4v) is 3.44. The topological polar surface area (TPSA) is 33.5 Å². The van der Waals surface area contributed by atoms with Crippen molar-refractivity contribution in [3.8, 4) is 0 Å². The fourth-order valence-electron chi connectivity index (χ4n) is 3.07. The lowest BCUT2D eigenvalue weighted by atomic mass is 10.1. The first-order chi connectivity index (χ1) is 10.1. The molecule has 2 rings (SSSR count). The number of likely N-dealkylation sites (tertiary alicyclic amines) is 1.